The Kier molecular flexibility index (Phi) is 7.30. The molecule has 0 aliphatic carbocycles. The van der Waals surface area contributed by atoms with Gasteiger partial charge in [-0.3, -0.25) is 9.80 Å². The zero-order valence-electron chi connectivity index (χ0n) is 14.3. The predicted molar refractivity (Wildman–Crippen MR) is 91.6 cm³/mol. The molecule has 2 rings (SSSR count). The Labute approximate surface area is 139 Å². The third-order valence-electron chi connectivity index (χ3n) is 4.43. The topological polar surface area (TPSA) is 56.2 Å². The highest BCUT2D eigenvalue weighted by Crippen LogP contribution is 2.19. The Morgan fingerprint density at radius 3 is 2.48 bits per heavy atom. The van der Waals surface area contributed by atoms with Gasteiger partial charge in [-0.2, -0.15) is 0 Å². The molecule has 0 aromatic heterocycles. The fourth-order valence-electron chi connectivity index (χ4n) is 3.28. The maximum atomic E-state index is 9.32. The van der Waals surface area contributed by atoms with Gasteiger partial charge in [-0.25, -0.2) is 0 Å². The Hall–Kier alpha value is -1.14. The van der Waals surface area contributed by atoms with Crippen LogP contribution in [0.25, 0.3) is 0 Å². The fourth-order valence-corrected chi connectivity index (χ4v) is 3.28. The largest absolute Gasteiger partial charge is 0.491 e. The van der Waals surface area contributed by atoms with Crippen LogP contribution in [0.4, 0.5) is 0 Å². The van der Waals surface area contributed by atoms with E-state index in [1.54, 1.807) is 0 Å². The van der Waals surface area contributed by atoms with Gasteiger partial charge in [0.05, 0.1) is 6.61 Å². The summed E-state index contributed by atoms with van der Waals surface area (Å²) in [6.45, 7) is 9.11. The molecule has 1 aliphatic rings. The molecule has 1 heterocycles. The lowest BCUT2D eigenvalue weighted by atomic mass is 10.1. The van der Waals surface area contributed by atoms with Crippen LogP contribution < -0.4 is 4.74 Å². The lowest BCUT2D eigenvalue weighted by Crippen LogP contribution is -2.55. The number of hydrogen-bond acceptors (Lipinski definition) is 5. The molecule has 1 aromatic rings. The molecule has 0 unspecified atom stereocenters. The summed E-state index contributed by atoms with van der Waals surface area (Å²) in [6, 6.07) is 9.05. The first kappa shape index (κ1) is 18.2. The van der Waals surface area contributed by atoms with E-state index in [2.05, 4.69) is 35.8 Å². The molecule has 1 atom stereocenters. The van der Waals surface area contributed by atoms with Crippen LogP contribution in [0, 0.1) is 0 Å². The van der Waals surface area contributed by atoms with Gasteiger partial charge in [0.15, 0.2) is 0 Å². The van der Waals surface area contributed by atoms with Crippen LogP contribution in [-0.2, 0) is 6.54 Å². The van der Waals surface area contributed by atoms with Crippen LogP contribution in [-0.4, -0.2) is 71.6 Å². The van der Waals surface area contributed by atoms with Crippen LogP contribution in [0.3, 0.4) is 0 Å². The zero-order chi connectivity index (χ0) is 16.7. The van der Waals surface area contributed by atoms with Gasteiger partial charge < -0.3 is 14.9 Å². The van der Waals surface area contributed by atoms with E-state index >= 15 is 0 Å². The summed E-state index contributed by atoms with van der Waals surface area (Å²) in [5.74, 6) is 0.797. The van der Waals surface area contributed by atoms with Crippen LogP contribution in [0.15, 0.2) is 24.3 Å². The maximum absolute atomic E-state index is 9.32. The first-order valence-corrected chi connectivity index (χ1v) is 8.55. The molecule has 0 spiro atoms. The number of aliphatic hydroxyl groups is 2. The molecule has 5 nitrogen and oxygen atoms in total. The number of nitrogens with zero attached hydrogens (tertiary/aromatic N) is 2. The normalized spacial score (nSPS) is 20.1. The van der Waals surface area contributed by atoms with Crippen molar-refractivity contribution in [3.8, 4) is 5.75 Å². The van der Waals surface area contributed by atoms with Crippen molar-refractivity contribution < 1.29 is 14.9 Å². The van der Waals surface area contributed by atoms with E-state index in [0.29, 0.717) is 18.7 Å². The molecule has 1 aliphatic heterocycles. The molecule has 0 radical (unpaired) electrons. The first-order chi connectivity index (χ1) is 11.1. The van der Waals surface area contributed by atoms with Gasteiger partial charge in [-0.05, 0) is 38.0 Å². The standard InChI is InChI=1S/C18H30N2O3/c1-15(2)20-9-8-19(14-17(20)7-10-21)13-16-3-5-18(6-4-16)23-12-11-22/h3-6,15,17,21-22H,7-14H2,1-2H3/t17-/m1/s1. The zero-order valence-corrected chi connectivity index (χ0v) is 14.3. The van der Waals surface area contributed by atoms with E-state index in [-0.39, 0.29) is 13.2 Å². The van der Waals surface area contributed by atoms with Crippen molar-refractivity contribution in [2.45, 2.75) is 38.9 Å². The molecule has 1 saturated heterocycles. The third-order valence-corrected chi connectivity index (χ3v) is 4.43. The van der Waals surface area contributed by atoms with E-state index < -0.39 is 0 Å². The minimum atomic E-state index is 0.0358. The quantitative estimate of drug-likeness (QED) is 0.756. The third kappa shape index (κ3) is 5.46. The Balaban J connectivity index is 1.90. The molecule has 5 heteroatoms. The lowest BCUT2D eigenvalue weighted by Gasteiger charge is -2.43. The molecular weight excluding hydrogens is 292 g/mol. The summed E-state index contributed by atoms with van der Waals surface area (Å²) in [4.78, 5) is 4.96. The average molecular weight is 322 g/mol. The summed E-state index contributed by atoms with van der Waals surface area (Å²) >= 11 is 0. The SMILES string of the molecule is CC(C)N1CCN(Cc2ccc(OCCO)cc2)C[C@H]1CCO. The molecule has 23 heavy (non-hydrogen) atoms. The number of hydrogen-bond donors (Lipinski definition) is 2. The van der Waals surface area contributed by atoms with Gasteiger partial charge in [-0.15, -0.1) is 0 Å². The van der Waals surface area contributed by atoms with E-state index in [0.717, 1.165) is 38.3 Å². The summed E-state index contributed by atoms with van der Waals surface area (Å²) in [7, 11) is 0. The monoisotopic (exact) mass is 322 g/mol. The molecule has 0 saturated carbocycles. The second-order valence-electron chi connectivity index (χ2n) is 6.45. The maximum Gasteiger partial charge on any atom is 0.119 e. The van der Waals surface area contributed by atoms with Gasteiger partial charge in [0.1, 0.15) is 12.4 Å². The second kappa shape index (κ2) is 9.23. The number of ether oxygens (including phenoxy) is 1. The van der Waals surface area contributed by atoms with Crippen LogP contribution >= 0.6 is 0 Å². The van der Waals surface area contributed by atoms with Crippen LogP contribution in [0.5, 0.6) is 5.75 Å². The predicted octanol–water partition coefficient (Wildman–Crippen LogP) is 1.33. The minimum absolute atomic E-state index is 0.0358. The molecule has 2 N–H and O–H groups in total. The van der Waals surface area contributed by atoms with E-state index in [4.69, 9.17) is 9.84 Å². The number of aliphatic hydroxyl groups excluding tert-OH is 2. The van der Waals surface area contributed by atoms with Crippen molar-refractivity contribution >= 4 is 0 Å². The number of benzene rings is 1. The summed E-state index contributed by atoms with van der Waals surface area (Å²) < 4.78 is 5.39. The summed E-state index contributed by atoms with van der Waals surface area (Å²) in [5, 5.41) is 18.1. The van der Waals surface area contributed by atoms with Crippen molar-refractivity contribution in [1.29, 1.82) is 0 Å². The minimum Gasteiger partial charge on any atom is -0.491 e. The fraction of sp³-hybridized carbons (Fsp3) is 0.667. The number of rotatable bonds is 8. The van der Waals surface area contributed by atoms with Gasteiger partial charge in [0.2, 0.25) is 0 Å². The Morgan fingerprint density at radius 2 is 1.87 bits per heavy atom. The van der Waals surface area contributed by atoms with Gasteiger partial charge in [0, 0.05) is 44.9 Å². The summed E-state index contributed by atoms with van der Waals surface area (Å²) in [6.07, 6.45) is 0.836. The van der Waals surface area contributed by atoms with E-state index in [9.17, 15) is 5.11 Å². The Bertz CT molecular complexity index is 450. The second-order valence-corrected chi connectivity index (χ2v) is 6.45. The van der Waals surface area contributed by atoms with Gasteiger partial charge in [-0.1, -0.05) is 12.1 Å². The smallest absolute Gasteiger partial charge is 0.119 e. The van der Waals surface area contributed by atoms with Gasteiger partial charge in [0.25, 0.3) is 0 Å². The average Bonchev–Trinajstić information content (AvgIpc) is 2.54. The van der Waals surface area contributed by atoms with Crippen LogP contribution in [0.1, 0.15) is 25.8 Å². The highest BCUT2D eigenvalue weighted by atomic mass is 16.5. The lowest BCUT2D eigenvalue weighted by molar-refractivity contribution is 0.0349. The highest BCUT2D eigenvalue weighted by molar-refractivity contribution is 5.27. The van der Waals surface area contributed by atoms with Crippen molar-refractivity contribution in [3.05, 3.63) is 29.8 Å². The van der Waals surface area contributed by atoms with Crippen molar-refractivity contribution in [2.75, 3.05) is 39.5 Å². The Morgan fingerprint density at radius 1 is 1.13 bits per heavy atom. The van der Waals surface area contributed by atoms with Crippen molar-refractivity contribution in [2.24, 2.45) is 0 Å². The van der Waals surface area contributed by atoms with E-state index in [1.165, 1.54) is 5.56 Å². The number of piperazine rings is 1. The molecule has 1 aromatic carbocycles. The van der Waals surface area contributed by atoms with Crippen LogP contribution in [0.2, 0.25) is 0 Å². The molecule has 0 amide bonds. The molecule has 130 valence electrons. The summed E-state index contributed by atoms with van der Waals surface area (Å²) in [5.41, 5.74) is 1.27. The van der Waals surface area contributed by atoms with E-state index in [1.807, 2.05) is 12.1 Å². The molecule has 0 bridgehead atoms. The first-order valence-electron chi connectivity index (χ1n) is 8.55. The van der Waals surface area contributed by atoms with Crippen molar-refractivity contribution in [3.63, 3.8) is 0 Å². The van der Waals surface area contributed by atoms with Gasteiger partial charge >= 0.3 is 0 Å². The molecular formula is C18H30N2O3. The van der Waals surface area contributed by atoms with Crippen molar-refractivity contribution in [1.82, 2.24) is 9.80 Å². The molecule has 1 fully saturated rings. The highest BCUT2D eigenvalue weighted by Gasteiger charge is 2.28.